The minimum absolute atomic E-state index is 0.182. The number of nitrogens with two attached hydrogens (primary N) is 1. The van der Waals surface area contributed by atoms with Crippen LogP contribution < -0.4 is 10.5 Å². The van der Waals surface area contributed by atoms with Gasteiger partial charge in [-0.3, -0.25) is 0 Å². The van der Waals surface area contributed by atoms with Crippen molar-refractivity contribution >= 4 is 10.0 Å². The summed E-state index contributed by atoms with van der Waals surface area (Å²) in [5.74, 6) is 0.182. The first-order valence-corrected chi connectivity index (χ1v) is 6.20. The van der Waals surface area contributed by atoms with E-state index in [1.54, 1.807) is 0 Å². The summed E-state index contributed by atoms with van der Waals surface area (Å²) >= 11 is 0. The van der Waals surface area contributed by atoms with Crippen molar-refractivity contribution in [2.24, 2.45) is 5.73 Å². The summed E-state index contributed by atoms with van der Waals surface area (Å²) in [6.45, 7) is 6.01. The molecule has 0 spiro atoms. The largest absolute Gasteiger partial charge is 0.330 e. The van der Waals surface area contributed by atoms with Crippen molar-refractivity contribution in [3.8, 4) is 0 Å². The van der Waals surface area contributed by atoms with Crippen molar-refractivity contribution in [2.75, 3.05) is 12.3 Å². The highest BCUT2D eigenvalue weighted by Crippen LogP contribution is 2.09. The van der Waals surface area contributed by atoms with E-state index in [2.05, 4.69) is 4.72 Å². The molecule has 0 saturated carbocycles. The molecule has 0 amide bonds. The van der Waals surface area contributed by atoms with Crippen LogP contribution in [0, 0.1) is 0 Å². The molecule has 0 aromatic carbocycles. The van der Waals surface area contributed by atoms with Crippen LogP contribution in [0.2, 0.25) is 0 Å². The van der Waals surface area contributed by atoms with E-state index in [1.807, 2.05) is 20.8 Å². The summed E-state index contributed by atoms with van der Waals surface area (Å²) in [4.78, 5) is 0. The molecule has 0 aliphatic rings. The van der Waals surface area contributed by atoms with Gasteiger partial charge in [0.15, 0.2) is 0 Å². The molecule has 0 radical (unpaired) electrons. The SMILES string of the molecule is CCCS(=O)(=O)NC(C)(C)CCN. The quantitative estimate of drug-likeness (QED) is 0.665. The van der Waals surface area contributed by atoms with Gasteiger partial charge in [0.05, 0.1) is 5.75 Å². The predicted octanol–water partition coefficient (Wildman–Crippen LogP) is 0.443. The first-order valence-electron chi connectivity index (χ1n) is 4.55. The summed E-state index contributed by atoms with van der Waals surface area (Å²) in [5, 5.41) is 0. The van der Waals surface area contributed by atoms with E-state index in [9.17, 15) is 8.42 Å². The van der Waals surface area contributed by atoms with Gasteiger partial charge < -0.3 is 5.73 Å². The molecule has 0 heterocycles. The van der Waals surface area contributed by atoms with Crippen molar-refractivity contribution < 1.29 is 8.42 Å². The van der Waals surface area contributed by atoms with Gasteiger partial charge in [-0.15, -0.1) is 0 Å². The maximum absolute atomic E-state index is 11.4. The van der Waals surface area contributed by atoms with Crippen LogP contribution in [0.25, 0.3) is 0 Å². The second-order valence-corrected chi connectivity index (χ2v) is 5.69. The Bertz CT molecular complexity index is 235. The fourth-order valence-corrected chi connectivity index (χ4v) is 2.74. The van der Waals surface area contributed by atoms with Crippen LogP contribution in [0.15, 0.2) is 0 Å². The van der Waals surface area contributed by atoms with Gasteiger partial charge in [-0.25, -0.2) is 13.1 Å². The molecule has 0 fully saturated rings. The van der Waals surface area contributed by atoms with E-state index in [-0.39, 0.29) is 5.75 Å². The first kappa shape index (κ1) is 12.9. The Morgan fingerprint density at radius 3 is 2.31 bits per heavy atom. The molecule has 0 rings (SSSR count). The van der Waals surface area contributed by atoms with Crippen molar-refractivity contribution in [3.63, 3.8) is 0 Å². The molecule has 0 aromatic rings. The Kier molecular flexibility index (Phi) is 4.88. The molecule has 0 atom stereocenters. The third-order valence-corrected chi connectivity index (χ3v) is 3.48. The van der Waals surface area contributed by atoms with Gasteiger partial charge >= 0.3 is 0 Å². The molecule has 80 valence electrons. The van der Waals surface area contributed by atoms with Gasteiger partial charge in [-0.2, -0.15) is 0 Å². The summed E-state index contributed by atoms with van der Waals surface area (Å²) in [7, 11) is -3.12. The molecule has 0 bridgehead atoms. The van der Waals surface area contributed by atoms with E-state index in [0.717, 1.165) is 0 Å². The van der Waals surface area contributed by atoms with E-state index in [4.69, 9.17) is 5.73 Å². The van der Waals surface area contributed by atoms with Gasteiger partial charge in [0.1, 0.15) is 0 Å². The summed E-state index contributed by atoms with van der Waals surface area (Å²) < 4.78 is 25.4. The highest BCUT2D eigenvalue weighted by atomic mass is 32.2. The molecule has 0 aromatic heterocycles. The van der Waals surface area contributed by atoms with Crippen LogP contribution in [0.5, 0.6) is 0 Å². The number of hydrogen-bond donors (Lipinski definition) is 2. The van der Waals surface area contributed by atoms with Crippen LogP contribution in [-0.4, -0.2) is 26.3 Å². The van der Waals surface area contributed by atoms with E-state index >= 15 is 0 Å². The zero-order chi connectivity index (χ0) is 10.5. The average Bonchev–Trinajstić information content (AvgIpc) is 1.82. The first-order chi connectivity index (χ1) is 5.83. The van der Waals surface area contributed by atoms with Crippen molar-refractivity contribution in [3.05, 3.63) is 0 Å². The zero-order valence-corrected chi connectivity index (χ0v) is 9.45. The Morgan fingerprint density at radius 1 is 1.38 bits per heavy atom. The van der Waals surface area contributed by atoms with Crippen LogP contribution >= 0.6 is 0 Å². The number of sulfonamides is 1. The fraction of sp³-hybridized carbons (Fsp3) is 1.00. The van der Waals surface area contributed by atoms with Crippen LogP contribution in [0.4, 0.5) is 0 Å². The number of hydrogen-bond acceptors (Lipinski definition) is 3. The lowest BCUT2D eigenvalue weighted by Gasteiger charge is -2.25. The molecule has 4 nitrogen and oxygen atoms in total. The smallest absolute Gasteiger partial charge is 0.212 e. The Labute approximate surface area is 80.9 Å². The summed E-state index contributed by atoms with van der Waals surface area (Å²) in [5.41, 5.74) is 4.94. The second-order valence-electron chi connectivity index (χ2n) is 3.84. The van der Waals surface area contributed by atoms with Gasteiger partial charge in [0.2, 0.25) is 10.0 Å². The molecule has 3 N–H and O–H groups in total. The fourth-order valence-electron chi connectivity index (χ4n) is 1.15. The summed E-state index contributed by atoms with van der Waals surface area (Å²) in [6, 6.07) is 0. The molecule has 0 aliphatic heterocycles. The number of rotatable bonds is 6. The highest BCUT2D eigenvalue weighted by molar-refractivity contribution is 7.89. The molecule has 5 heteroatoms. The van der Waals surface area contributed by atoms with Crippen LogP contribution in [0.3, 0.4) is 0 Å². The predicted molar refractivity (Wildman–Crippen MR) is 55.0 cm³/mol. The van der Waals surface area contributed by atoms with Crippen molar-refractivity contribution in [1.29, 1.82) is 0 Å². The maximum atomic E-state index is 11.4. The minimum atomic E-state index is -3.12. The van der Waals surface area contributed by atoms with Gasteiger partial charge in [0.25, 0.3) is 0 Å². The normalized spacial score (nSPS) is 13.2. The third-order valence-electron chi connectivity index (χ3n) is 1.67. The van der Waals surface area contributed by atoms with E-state index in [1.165, 1.54) is 0 Å². The molecule has 0 unspecified atom stereocenters. The molecule has 0 aliphatic carbocycles. The zero-order valence-electron chi connectivity index (χ0n) is 8.63. The standard InChI is InChI=1S/C8H20N2O2S/c1-4-7-13(11,12)10-8(2,3)5-6-9/h10H,4-7,9H2,1-3H3. The van der Waals surface area contributed by atoms with Gasteiger partial charge in [-0.05, 0) is 33.2 Å². The molecular weight excluding hydrogens is 188 g/mol. The molecule has 13 heavy (non-hydrogen) atoms. The second kappa shape index (κ2) is 4.93. The van der Waals surface area contributed by atoms with Crippen LogP contribution in [0.1, 0.15) is 33.6 Å². The summed E-state index contributed by atoms with van der Waals surface area (Å²) in [6.07, 6.45) is 1.28. The third kappa shape index (κ3) is 6.01. The van der Waals surface area contributed by atoms with Crippen molar-refractivity contribution in [1.82, 2.24) is 4.72 Å². The van der Waals surface area contributed by atoms with Gasteiger partial charge in [0, 0.05) is 5.54 Å². The molecule has 0 saturated heterocycles. The van der Waals surface area contributed by atoms with E-state index < -0.39 is 15.6 Å². The van der Waals surface area contributed by atoms with Crippen molar-refractivity contribution in [2.45, 2.75) is 39.2 Å². The lowest BCUT2D eigenvalue weighted by molar-refractivity contribution is 0.428. The lowest BCUT2D eigenvalue weighted by Crippen LogP contribution is -2.45. The Morgan fingerprint density at radius 2 is 1.92 bits per heavy atom. The van der Waals surface area contributed by atoms with E-state index in [0.29, 0.717) is 19.4 Å². The lowest BCUT2D eigenvalue weighted by atomic mass is 10.0. The maximum Gasteiger partial charge on any atom is 0.212 e. The topological polar surface area (TPSA) is 72.2 Å². The Balaban J connectivity index is 4.25. The monoisotopic (exact) mass is 208 g/mol. The Hall–Kier alpha value is -0.130. The van der Waals surface area contributed by atoms with Gasteiger partial charge in [-0.1, -0.05) is 6.92 Å². The number of nitrogens with one attached hydrogen (secondary N) is 1. The minimum Gasteiger partial charge on any atom is -0.330 e. The molecular formula is C8H20N2O2S. The van der Waals surface area contributed by atoms with Crippen LogP contribution in [-0.2, 0) is 10.0 Å². The highest BCUT2D eigenvalue weighted by Gasteiger charge is 2.22. The average molecular weight is 208 g/mol.